The summed E-state index contributed by atoms with van der Waals surface area (Å²) >= 11 is 0.752. The molecular weight excluding hydrogens is 838 g/mol. The van der Waals surface area contributed by atoms with Crippen molar-refractivity contribution in [3.63, 3.8) is 0 Å². The molecule has 0 spiro atoms. The monoisotopic (exact) mass is 871 g/mol. The molecule has 0 atom stereocenters. The van der Waals surface area contributed by atoms with E-state index in [2.05, 4.69) is 9.37 Å². The Bertz CT molecular complexity index is 2610. The third kappa shape index (κ3) is 10.2. The van der Waals surface area contributed by atoms with Crippen molar-refractivity contribution >= 4 is 81.0 Å². The Labute approximate surface area is 396 Å². The molecule has 6 rings (SSSR count). The molecule has 0 aromatic heterocycles. The summed E-state index contributed by atoms with van der Waals surface area (Å²) in [7, 11) is -13.7. The van der Waals surface area contributed by atoms with Gasteiger partial charge in [-0.25, -0.2) is 16.8 Å². The largest absolute Gasteiger partial charge is 1.00 e. The SMILES string of the molecule is CC1(C)C(C=C/C=C2/N(CCS(=O)(=O)O)c3ccc4cc(SOO[O-])ccc4c3C2(C)C)=[N+](CCS(=O)(=O)[O-])c2ccc3cc(S(=O)(=O)[O-])ccc3c21.[Na+].[Na+].[Na+]. The number of nitrogens with zero attached hydrogens (tertiary/aromatic N) is 2. The van der Waals surface area contributed by atoms with Crippen LogP contribution >= 0.6 is 12.0 Å². The van der Waals surface area contributed by atoms with Crippen molar-refractivity contribution in [2.75, 3.05) is 29.5 Å². The summed E-state index contributed by atoms with van der Waals surface area (Å²) in [5, 5.41) is 16.6. The summed E-state index contributed by atoms with van der Waals surface area (Å²) < 4.78 is 110. The van der Waals surface area contributed by atoms with Gasteiger partial charge in [0.15, 0.2) is 12.3 Å². The van der Waals surface area contributed by atoms with Gasteiger partial charge >= 0.3 is 88.7 Å². The van der Waals surface area contributed by atoms with Gasteiger partial charge in [0.2, 0.25) is 5.69 Å². The summed E-state index contributed by atoms with van der Waals surface area (Å²) in [5.41, 5.74) is 2.74. The molecule has 0 amide bonds. The molecule has 0 unspecified atom stereocenters. The first-order valence-electron chi connectivity index (χ1n) is 16.1. The van der Waals surface area contributed by atoms with E-state index in [4.69, 9.17) is 0 Å². The fourth-order valence-corrected chi connectivity index (χ4v) is 9.26. The summed E-state index contributed by atoms with van der Waals surface area (Å²) in [4.78, 5) is 2.04. The number of benzene rings is 4. The molecule has 0 aliphatic carbocycles. The quantitative estimate of drug-likeness (QED) is 0.0353. The van der Waals surface area contributed by atoms with Crippen LogP contribution in [0.15, 0.2) is 94.4 Å². The maximum absolute atomic E-state index is 11.9. The third-order valence-corrected chi connectivity index (χ3v) is 12.5. The second kappa shape index (κ2) is 18.5. The fourth-order valence-electron chi connectivity index (χ4n) is 7.53. The van der Waals surface area contributed by atoms with E-state index in [1.165, 1.54) is 12.1 Å². The van der Waals surface area contributed by atoms with Gasteiger partial charge in [0.1, 0.15) is 20.2 Å². The van der Waals surface area contributed by atoms with E-state index in [1.807, 2.05) is 62.9 Å². The Morgan fingerprint density at radius 3 is 2.07 bits per heavy atom. The summed E-state index contributed by atoms with van der Waals surface area (Å²) in [6.07, 6.45) is 5.36. The van der Waals surface area contributed by atoms with Crippen LogP contribution in [0.3, 0.4) is 0 Å². The van der Waals surface area contributed by atoms with E-state index in [9.17, 15) is 44.2 Å². The first-order valence-corrected chi connectivity index (χ1v) is 21.4. The van der Waals surface area contributed by atoms with Gasteiger partial charge in [0, 0.05) is 45.9 Å². The van der Waals surface area contributed by atoms with Crippen LogP contribution in [-0.4, -0.2) is 73.8 Å². The van der Waals surface area contributed by atoms with Gasteiger partial charge in [0.05, 0.1) is 33.9 Å². The predicted octanol–water partition coefficient (Wildman–Crippen LogP) is -4.81. The summed E-state index contributed by atoms with van der Waals surface area (Å²) in [5.74, 6) is -1.25. The van der Waals surface area contributed by atoms with E-state index in [-0.39, 0.29) is 107 Å². The number of anilines is 1. The van der Waals surface area contributed by atoms with E-state index >= 15 is 0 Å². The van der Waals surface area contributed by atoms with Crippen LogP contribution in [0.2, 0.25) is 0 Å². The maximum Gasteiger partial charge on any atom is 1.00 e. The van der Waals surface area contributed by atoms with Gasteiger partial charge in [-0.2, -0.15) is 17.3 Å². The molecule has 4 aromatic rings. The minimum Gasteiger partial charge on any atom is -0.748 e. The second-order valence-corrected chi connectivity index (χ2v) is 19.0. The molecule has 0 saturated carbocycles. The van der Waals surface area contributed by atoms with Crippen LogP contribution in [0.5, 0.6) is 0 Å². The molecule has 21 heteroatoms. The average molecular weight is 872 g/mol. The van der Waals surface area contributed by atoms with Crippen molar-refractivity contribution in [2.45, 2.75) is 48.3 Å². The van der Waals surface area contributed by atoms with E-state index < -0.39 is 52.7 Å². The van der Waals surface area contributed by atoms with Crippen LogP contribution in [0.1, 0.15) is 38.8 Å². The van der Waals surface area contributed by atoms with Crippen LogP contribution in [0, 0.1) is 0 Å². The van der Waals surface area contributed by atoms with E-state index in [0.29, 0.717) is 32.8 Å². The van der Waals surface area contributed by atoms with Crippen molar-refractivity contribution < 1.29 is 147 Å². The van der Waals surface area contributed by atoms with Gasteiger partial charge in [-0.1, -0.05) is 38.1 Å². The summed E-state index contributed by atoms with van der Waals surface area (Å²) in [6.45, 7) is 7.52. The Hall–Kier alpha value is -0.690. The van der Waals surface area contributed by atoms with Crippen LogP contribution in [0.25, 0.3) is 21.5 Å². The molecule has 1 N–H and O–H groups in total. The van der Waals surface area contributed by atoms with E-state index in [0.717, 1.165) is 39.6 Å². The molecule has 0 radical (unpaired) electrons. The van der Waals surface area contributed by atoms with Crippen molar-refractivity contribution in [1.29, 1.82) is 0 Å². The van der Waals surface area contributed by atoms with Gasteiger partial charge in [-0.05, 0) is 83.4 Å². The van der Waals surface area contributed by atoms with Crippen molar-refractivity contribution in [3.05, 3.63) is 95.7 Å². The van der Waals surface area contributed by atoms with Crippen LogP contribution in [0.4, 0.5) is 11.4 Å². The number of hydrogen-bond acceptors (Lipinski definition) is 13. The zero-order chi connectivity index (χ0) is 38.7. The molecule has 2 heterocycles. The predicted molar refractivity (Wildman–Crippen MR) is 195 cm³/mol. The molecule has 0 saturated heterocycles. The molecule has 56 heavy (non-hydrogen) atoms. The van der Waals surface area contributed by atoms with Crippen LogP contribution < -0.4 is 98.8 Å². The first kappa shape index (κ1) is 49.7. The average Bonchev–Trinajstić information content (AvgIpc) is 3.42. The molecule has 2 aliphatic heterocycles. The van der Waals surface area contributed by atoms with Gasteiger partial charge in [-0.15, -0.1) is 0 Å². The standard InChI is InChI=1S/C35H36N2O12S4.3Na/c1-34(2)30(36(16-18-51(39,40)41)28-14-8-22-20-24(50-49-48-38)10-12-26(22)32(28)34)6-5-7-31-35(3,4)33-27-13-11-25(53(45,46)47)21-23(27)9-15-29(33)37(31)17-19-52(42,43)44;;;/h5-15,20-21H,16-19H2,1-4H3,(H3-,38,39,40,41,42,43,44,45,46,47);;;/q;3*+1/p-2. The summed E-state index contributed by atoms with van der Waals surface area (Å²) in [6, 6.07) is 16.5. The number of allylic oxidation sites excluding steroid dienone is 4. The van der Waals surface area contributed by atoms with E-state index in [1.54, 1.807) is 41.0 Å². The van der Waals surface area contributed by atoms with Crippen molar-refractivity contribution in [1.82, 2.24) is 0 Å². The Morgan fingerprint density at radius 2 is 1.45 bits per heavy atom. The fraction of sp³-hybridized carbons (Fsp3) is 0.286. The smallest absolute Gasteiger partial charge is 0.748 e. The molecule has 4 aromatic carbocycles. The molecular formula is C35H34N2Na3O12S4+. The minimum absolute atomic E-state index is 0. The van der Waals surface area contributed by atoms with Gasteiger partial charge in [-0.3, -0.25) is 9.59 Å². The maximum atomic E-state index is 11.9. The zero-order valence-corrected chi connectivity index (χ0v) is 41.1. The Morgan fingerprint density at radius 1 is 0.821 bits per heavy atom. The minimum atomic E-state index is -4.72. The van der Waals surface area contributed by atoms with Crippen LogP contribution in [-0.2, 0) is 50.6 Å². The number of hydrogen-bond donors (Lipinski definition) is 1. The third-order valence-electron chi connectivity index (χ3n) is 9.73. The van der Waals surface area contributed by atoms with Crippen molar-refractivity contribution in [2.24, 2.45) is 0 Å². The van der Waals surface area contributed by atoms with Crippen molar-refractivity contribution in [3.8, 4) is 0 Å². The Kier molecular flexibility index (Phi) is 16.4. The second-order valence-electron chi connectivity index (χ2n) is 13.8. The molecule has 0 fully saturated rings. The molecule has 14 nitrogen and oxygen atoms in total. The number of fused-ring (bicyclic) bond motifs is 6. The normalized spacial score (nSPS) is 16.9. The molecule has 282 valence electrons. The topological polar surface area (TPSA) is 217 Å². The first-order chi connectivity index (χ1) is 24.6. The zero-order valence-electron chi connectivity index (χ0n) is 31.8. The van der Waals surface area contributed by atoms with Gasteiger partial charge in [0.25, 0.3) is 10.1 Å². The van der Waals surface area contributed by atoms with Gasteiger partial charge < -0.3 is 19.3 Å². The Balaban J connectivity index is 0.00000280. The molecule has 2 aliphatic rings. The molecule has 0 bridgehead atoms. The number of rotatable bonds is 12.